The Morgan fingerprint density at radius 2 is 2.12 bits per heavy atom. The van der Waals surface area contributed by atoms with Crippen molar-refractivity contribution in [2.75, 3.05) is 0 Å². The second-order valence-corrected chi connectivity index (χ2v) is 4.23. The summed E-state index contributed by atoms with van der Waals surface area (Å²) in [6, 6.07) is -1.50. The molecule has 16 heavy (non-hydrogen) atoms. The number of carbonyl (C=O) groups is 3. The Bertz CT molecular complexity index is 314. The molecular formula is C10H16N2O4. The van der Waals surface area contributed by atoms with Gasteiger partial charge in [0.25, 0.3) is 0 Å². The highest BCUT2D eigenvalue weighted by Crippen LogP contribution is 2.08. The Morgan fingerprint density at radius 1 is 1.50 bits per heavy atom. The molecule has 2 amide bonds. The molecule has 90 valence electrons. The number of aliphatic carboxylic acids is 1. The van der Waals surface area contributed by atoms with Crippen LogP contribution in [-0.2, 0) is 14.4 Å². The van der Waals surface area contributed by atoms with Gasteiger partial charge in [-0.2, -0.15) is 0 Å². The first-order valence-electron chi connectivity index (χ1n) is 5.24. The Hall–Kier alpha value is -1.59. The largest absolute Gasteiger partial charge is 0.480 e. The summed E-state index contributed by atoms with van der Waals surface area (Å²) in [4.78, 5) is 33.4. The molecule has 0 aliphatic carbocycles. The van der Waals surface area contributed by atoms with Crippen molar-refractivity contribution in [2.45, 2.75) is 38.8 Å². The maximum absolute atomic E-state index is 11.6. The molecule has 0 unspecified atom stereocenters. The van der Waals surface area contributed by atoms with Crippen molar-refractivity contribution in [1.82, 2.24) is 10.6 Å². The van der Waals surface area contributed by atoms with Crippen molar-refractivity contribution in [3.8, 4) is 0 Å². The fourth-order valence-electron chi connectivity index (χ4n) is 1.58. The molecular weight excluding hydrogens is 212 g/mol. The van der Waals surface area contributed by atoms with E-state index in [4.69, 9.17) is 5.11 Å². The number of nitrogens with one attached hydrogen (secondary N) is 2. The van der Waals surface area contributed by atoms with Crippen LogP contribution in [0.1, 0.15) is 26.7 Å². The van der Waals surface area contributed by atoms with Crippen LogP contribution in [0.5, 0.6) is 0 Å². The average molecular weight is 228 g/mol. The molecule has 1 aliphatic heterocycles. The zero-order chi connectivity index (χ0) is 12.3. The van der Waals surface area contributed by atoms with Crippen molar-refractivity contribution >= 4 is 17.8 Å². The van der Waals surface area contributed by atoms with Gasteiger partial charge < -0.3 is 15.7 Å². The molecule has 0 spiro atoms. The summed E-state index contributed by atoms with van der Waals surface area (Å²) in [6.07, 6.45) is 0.743. The summed E-state index contributed by atoms with van der Waals surface area (Å²) in [5.41, 5.74) is 0. The lowest BCUT2D eigenvalue weighted by Crippen LogP contribution is -2.50. The van der Waals surface area contributed by atoms with E-state index in [-0.39, 0.29) is 11.8 Å². The van der Waals surface area contributed by atoms with E-state index < -0.39 is 24.0 Å². The predicted molar refractivity (Wildman–Crippen MR) is 55.6 cm³/mol. The maximum atomic E-state index is 11.6. The molecule has 0 bridgehead atoms. The number of hydrogen-bond donors (Lipinski definition) is 3. The first-order valence-corrected chi connectivity index (χ1v) is 5.24. The van der Waals surface area contributed by atoms with Gasteiger partial charge in [-0.3, -0.25) is 9.59 Å². The number of hydrogen-bond acceptors (Lipinski definition) is 3. The van der Waals surface area contributed by atoms with Gasteiger partial charge in [-0.05, 0) is 12.3 Å². The molecule has 1 fully saturated rings. The highest BCUT2D eigenvalue weighted by atomic mass is 16.4. The third-order valence-corrected chi connectivity index (χ3v) is 2.54. The zero-order valence-electron chi connectivity index (χ0n) is 9.32. The van der Waals surface area contributed by atoms with Crippen molar-refractivity contribution < 1.29 is 19.5 Å². The Kier molecular flexibility index (Phi) is 3.87. The summed E-state index contributed by atoms with van der Waals surface area (Å²) < 4.78 is 0. The molecule has 1 aliphatic rings. The first kappa shape index (κ1) is 12.5. The summed E-state index contributed by atoms with van der Waals surface area (Å²) >= 11 is 0. The van der Waals surface area contributed by atoms with Crippen LogP contribution < -0.4 is 10.6 Å². The van der Waals surface area contributed by atoms with Crippen molar-refractivity contribution in [3.63, 3.8) is 0 Å². The SMILES string of the molecule is CC(C)[C@H](NC(=O)[C@H]1CCC(=O)N1)C(=O)O. The van der Waals surface area contributed by atoms with Gasteiger partial charge in [0, 0.05) is 6.42 Å². The van der Waals surface area contributed by atoms with Gasteiger partial charge in [0.15, 0.2) is 0 Å². The number of rotatable bonds is 4. The molecule has 1 heterocycles. The van der Waals surface area contributed by atoms with Gasteiger partial charge in [-0.1, -0.05) is 13.8 Å². The lowest BCUT2D eigenvalue weighted by Gasteiger charge is -2.20. The van der Waals surface area contributed by atoms with Crippen LogP contribution in [0.4, 0.5) is 0 Å². The topological polar surface area (TPSA) is 95.5 Å². The minimum absolute atomic E-state index is 0.170. The minimum atomic E-state index is -1.06. The molecule has 0 aromatic heterocycles. The van der Waals surface area contributed by atoms with E-state index in [9.17, 15) is 14.4 Å². The van der Waals surface area contributed by atoms with Crippen LogP contribution in [0.25, 0.3) is 0 Å². The van der Waals surface area contributed by atoms with Gasteiger partial charge in [0.1, 0.15) is 12.1 Å². The van der Waals surface area contributed by atoms with E-state index in [1.165, 1.54) is 0 Å². The highest BCUT2D eigenvalue weighted by Gasteiger charge is 2.31. The Balaban J connectivity index is 2.55. The number of amides is 2. The summed E-state index contributed by atoms with van der Waals surface area (Å²) in [7, 11) is 0. The fraction of sp³-hybridized carbons (Fsp3) is 0.700. The van der Waals surface area contributed by atoms with Crippen LogP contribution in [0.3, 0.4) is 0 Å². The molecule has 6 nitrogen and oxygen atoms in total. The van der Waals surface area contributed by atoms with E-state index in [0.717, 1.165) is 0 Å². The monoisotopic (exact) mass is 228 g/mol. The summed E-state index contributed by atoms with van der Waals surface area (Å²) in [6.45, 7) is 3.43. The highest BCUT2D eigenvalue weighted by molar-refractivity contribution is 5.92. The zero-order valence-corrected chi connectivity index (χ0v) is 9.32. The van der Waals surface area contributed by atoms with Crippen LogP contribution >= 0.6 is 0 Å². The molecule has 0 aromatic carbocycles. The molecule has 3 N–H and O–H groups in total. The lowest BCUT2D eigenvalue weighted by atomic mass is 10.0. The van der Waals surface area contributed by atoms with Crippen LogP contribution in [0, 0.1) is 5.92 Å². The smallest absolute Gasteiger partial charge is 0.326 e. The molecule has 6 heteroatoms. The molecule has 1 rings (SSSR count). The van der Waals surface area contributed by atoms with Crippen LogP contribution in [0.15, 0.2) is 0 Å². The first-order chi connectivity index (χ1) is 7.41. The quantitative estimate of drug-likeness (QED) is 0.604. The van der Waals surface area contributed by atoms with Gasteiger partial charge >= 0.3 is 5.97 Å². The normalized spacial score (nSPS) is 21.7. The predicted octanol–water partition coefficient (Wildman–Crippen LogP) is -0.510. The minimum Gasteiger partial charge on any atom is -0.480 e. The second-order valence-electron chi connectivity index (χ2n) is 4.23. The Morgan fingerprint density at radius 3 is 2.50 bits per heavy atom. The third kappa shape index (κ3) is 2.95. The molecule has 1 saturated heterocycles. The second kappa shape index (κ2) is 4.96. The van der Waals surface area contributed by atoms with E-state index in [2.05, 4.69) is 10.6 Å². The molecule has 0 aromatic rings. The van der Waals surface area contributed by atoms with Gasteiger partial charge in [0.2, 0.25) is 11.8 Å². The summed E-state index contributed by atoms with van der Waals surface area (Å²) in [5.74, 6) is -1.85. The molecule has 0 radical (unpaired) electrons. The lowest BCUT2D eigenvalue weighted by molar-refractivity contribution is -0.143. The van der Waals surface area contributed by atoms with Crippen molar-refractivity contribution in [1.29, 1.82) is 0 Å². The number of carboxylic acids is 1. The number of carbonyl (C=O) groups excluding carboxylic acids is 2. The fourth-order valence-corrected chi connectivity index (χ4v) is 1.58. The standard InChI is InChI=1S/C10H16N2O4/c1-5(2)8(10(15)16)12-9(14)6-3-4-7(13)11-6/h5-6,8H,3-4H2,1-2H3,(H,11,13)(H,12,14)(H,15,16)/t6-,8+/m1/s1. The van der Waals surface area contributed by atoms with E-state index in [1.807, 2.05) is 0 Å². The van der Waals surface area contributed by atoms with Gasteiger partial charge in [-0.25, -0.2) is 4.79 Å². The van der Waals surface area contributed by atoms with Crippen LogP contribution in [-0.4, -0.2) is 35.0 Å². The Labute approximate surface area is 93.4 Å². The van der Waals surface area contributed by atoms with Gasteiger partial charge in [0.05, 0.1) is 0 Å². The molecule has 2 atom stereocenters. The van der Waals surface area contributed by atoms with E-state index in [0.29, 0.717) is 12.8 Å². The third-order valence-electron chi connectivity index (χ3n) is 2.54. The average Bonchev–Trinajstić information content (AvgIpc) is 2.59. The van der Waals surface area contributed by atoms with Gasteiger partial charge in [-0.15, -0.1) is 0 Å². The van der Waals surface area contributed by atoms with Crippen LogP contribution in [0.2, 0.25) is 0 Å². The van der Waals surface area contributed by atoms with E-state index >= 15 is 0 Å². The molecule has 0 saturated carbocycles. The summed E-state index contributed by atoms with van der Waals surface area (Å²) in [5, 5.41) is 13.8. The van der Waals surface area contributed by atoms with Crippen molar-refractivity contribution in [3.05, 3.63) is 0 Å². The number of carboxylic acid groups (broad SMARTS) is 1. The van der Waals surface area contributed by atoms with E-state index in [1.54, 1.807) is 13.8 Å². The van der Waals surface area contributed by atoms with Crippen molar-refractivity contribution in [2.24, 2.45) is 5.92 Å². The maximum Gasteiger partial charge on any atom is 0.326 e.